The van der Waals surface area contributed by atoms with Gasteiger partial charge in [0.25, 0.3) is 0 Å². The summed E-state index contributed by atoms with van der Waals surface area (Å²) in [6.07, 6.45) is 2.98. The molecule has 16 heavy (non-hydrogen) atoms. The second-order valence-corrected chi connectivity index (χ2v) is 5.62. The molecule has 1 saturated heterocycles. The Balaban J connectivity index is 0.00000225. The van der Waals surface area contributed by atoms with E-state index in [0.29, 0.717) is 17.4 Å². The molecule has 0 spiro atoms. The van der Waals surface area contributed by atoms with E-state index >= 15 is 0 Å². The van der Waals surface area contributed by atoms with Gasteiger partial charge in [0.15, 0.2) is 0 Å². The molecule has 1 heterocycles. The average molecular weight is 298 g/mol. The maximum Gasteiger partial charge on any atom is 0.0824 e. The number of amides is 1. The minimum absolute atomic E-state index is 0. The second-order valence-electron chi connectivity index (χ2n) is 5.62. The van der Waals surface area contributed by atoms with E-state index in [0.717, 1.165) is 25.8 Å². The Morgan fingerprint density at radius 3 is 2.38 bits per heavy atom. The van der Waals surface area contributed by atoms with Gasteiger partial charge in [0.2, 0.25) is 0 Å². The maximum absolute atomic E-state index is 11.3. The quantitative estimate of drug-likeness (QED) is 0.682. The Hall–Kier alpha value is 0.444. The predicted molar refractivity (Wildman–Crippen MR) is 63.0 cm³/mol. The fourth-order valence-corrected chi connectivity index (χ4v) is 2.44. The summed E-state index contributed by atoms with van der Waals surface area (Å²) in [4.78, 5) is 13.2. The smallest absolute Gasteiger partial charge is 0.0824 e. The van der Waals surface area contributed by atoms with Crippen molar-refractivity contribution in [1.82, 2.24) is 4.90 Å². The van der Waals surface area contributed by atoms with Crippen LogP contribution in [-0.4, -0.2) is 23.4 Å². The molecule has 1 fully saturated rings. The molecule has 0 aliphatic carbocycles. The third-order valence-corrected chi connectivity index (χ3v) is 3.59. The number of hydrogen-bond acceptors (Lipinski definition) is 1. The average Bonchev–Trinajstić information content (AvgIpc) is 2.15. The van der Waals surface area contributed by atoms with Gasteiger partial charge in [-0.1, -0.05) is 20.8 Å². The van der Waals surface area contributed by atoms with Crippen LogP contribution in [0.25, 0.3) is 0 Å². The van der Waals surface area contributed by atoms with Crippen LogP contribution in [0.1, 0.15) is 40.0 Å². The van der Waals surface area contributed by atoms with Crippen LogP contribution in [0.5, 0.6) is 0 Å². The Kier molecular flexibility index (Phi) is 6.57. The molecular weight excluding hydrogens is 275 g/mol. The van der Waals surface area contributed by atoms with Crippen LogP contribution in [-0.2, 0) is 37.5 Å². The number of likely N-dealkylation sites (tertiary alicyclic amines) is 1. The van der Waals surface area contributed by atoms with Gasteiger partial charge in [0.05, 0.1) is 5.91 Å². The molecule has 2 atom stereocenters. The van der Waals surface area contributed by atoms with Gasteiger partial charge in [-0.3, -0.25) is 0 Å². The van der Waals surface area contributed by atoms with Crippen molar-refractivity contribution >= 4 is 5.91 Å². The summed E-state index contributed by atoms with van der Waals surface area (Å²) in [6, 6.07) is 0.299. The first kappa shape index (κ1) is 16.4. The molecule has 1 amide bonds. The van der Waals surface area contributed by atoms with Crippen molar-refractivity contribution in [1.29, 1.82) is 0 Å². The minimum Gasteiger partial charge on any atom is -0.367 e. The number of piperidine rings is 1. The summed E-state index contributed by atoms with van der Waals surface area (Å²) < 4.78 is 0. The Labute approximate surface area is 125 Å². The second kappa shape index (κ2) is 6.40. The molecule has 0 bridgehead atoms. The van der Waals surface area contributed by atoms with Crippen LogP contribution in [0.15, 0.2) is 0 Å². The molecule has 1 radical (unpaired) electrons. The first-order chi connectivity index (χ1) is 6.86. The molecule has 2 nitrogen and oxygen atoms in total. The third kappa shape index (κ3) is 4.03. The Bertz CT molecular complexity index is 235. The maximum atomic E-state index is 11.3. The SMILES string of the molecule is [CH2-]C[C@H]1C[C@@H](C(C)(C)C)CCN1C([CH2-])=O.[Y]. The van der Waals surface area contributed by atoms with Crippen LogP contribution in [0.2, 0.25) is 0 Å². The van der Waals surface area contributed by atoms with E-state index in [1.54, 1.807) is 0 Å². The first-order valence-corrected chi connectivity index (χ1v) is 5.78. The Morgan fingerprint density at radius 1 is 1.44 bits per heavy atom. The molecule has 0 saturated carbocycles. The summed E-state index contributed by atoms with van der Waals surface area (Å²) in [5, 5.41) is 0. The van der Waals surface area contributed by atoms with E-state index in [2.05, 4.69) is 34.6 Å². The molecule has 1 aliphatic rings. The van der Waals surface area contributed by atoms with E-state index in [1.165, 1.54) is 0 Å². The standard InChI is InChI=1S/C13H23NO.Y/c1-6-12-9-11(13(3,4)5)7-8-14(12)10(2)15;/h11-12H,1-2,6-9H2,3-5H3;/q-2;/t11-,12-;/m0./s1. The summed E-state index contributed by atoms with van der Waals surface area (Å²) in [5.41, 5.74) is 0.337. The number of carbonyl (C=O) groups excluding carboxylic acids is 1. The van der Waals surface area contributed by atoms with E-state index in [1.807, 2.05) is 4.90 Å². The van der Waals surface area contributed by atoms with Crippen molar-refractivity contribution < 1.29 is 37.5 Å². The minimum atomic E-state index is -0.0454. The van der Waals surface area contributed by atoms with Crippen molar-refractivity contribution in [2.75, 3.05) is 6.54 Å². The van der Waals surface area contributed by atoms with Crippen LogP contribution in [0.4, 0.5) is 0 Å². The molecule has 1 aliphatic heterocycles. The van der Waals surface area contributed by atoms with Crippen LogP contribution >= 0.6 is 0 Å². The molecule has 0 aromatic rings. The summed E-state index contributed by atoms with van der Waals surface area (Å²) >= 11 is 0. The topological polar surface area (TPSA) is 20.3 Å². The monoisotopic (exact) mass is 298 g/mol. The van der Waals surface area contributed by atoms with E-state index in [9.17, 15) is 4.79 Å². The zero-order chi connectivity index (χ0) is 11.6. The van der Waals surface area contributed by atoms with E-state index < -0.39 is 0 Å². The van der Waals surface area contributed by atoms with Gasteiger partial charge in [-0.15, -0.1) is 0 Å². The molecule has 0 aromatic carbocycles. The first-order valence-electron chi connectivity index (χ1n) is 5.78. The largest absolute Gasteiger partial charge is 0.367 e. The third-order valence-electron chi connectivity index (χ3n) is 3.59. The van der Waals surface area contributed by atoms with Crippen molar-refractivity contribution in [3.63, 3.8) is 0 Å². The van der Waals surface area contributed by atoms with Gasteiger partial charge in [-0.05, 0) is 24.2 Å². The van der Waals surface area contributed by atoms with Crippen molar-refractivity contribution in [3.05, 3.63) is 13.8 Å². The fraction of sp³-hybridized carbons (Fsp3) is 0.769. The van der Waals surface area contributed by atoms with Crippen LogP contribution in [0.3, 0.4) is 0 Å². The number of hydrogen-bond donors (Lipinski definition) is 0. The molecule has 91 valence electrons. The summed E-state index contributed by atoms with van der Waals surface area (Å²) in [5.74, 6) is 0.649. The van der Waals surface area contributed by atoms with Gasteiger partial charge in [-0.25, -0.2) is 0 Å². The van der Waals surface area contributed by atoms with Crippen molar-refractivity contribution in [3.8, 4) is 0 Å². The van der Waals surface area contributed by atoms with Gasteiger partial charge in [-0.2, -0.15) is 6.42 Å². The van der Waals surface area contributed by atoms with E-state index in [-0.39, 0.29) is 38.6 Å². The zero-order valence-corrected chi connectivity index (χ0v) is 13.7. The van der Waals surface area contributed by atoms with Gasteiger partial charge < -0.3 is 23.5 Å². The number of nitrogens with zero attached hydrogens (tertiary/aromatic N) is 1. The van der Waals surface area contributed by atoms with Gasteiger partial charge in [0, 0.05) is 45.3 Å². The van der Waals surface area contributed by atoms with Crippen molar-refractivity contribution in [2.45, 2.75) is 46.1 Å². The fourth-order valence-electron chi connectivity index (χ4n) is 2.44. The zero-order valence-electron chi connectivity index (χ0n) is 10.8. The number of rotatable bonds is 1. The van der Waals surface area contributed by atoms with E-state index in [4.69, 9.17) is 0 Å². The molecule has 0 N–H and O–H groups in total. The molecule has 0 aromatic heterocycles. The normalized spacial score (nSPS) is 26.1. The van der Waals surface area contributed by atoms with Gasteiger partial charge >= 0.3 is 0 Å². The molecule has 1 rings (SSSR count). The summed E-state index contributed by atoms with van der Waals surface area (Å²) in [6.45, 7) is 15.1. The molecular formula is C13H23NOY-2. The summed E-state index contributed by atoms with van der Waals surface area (Å²) in [7, 11) is 0. The van der Waals surface area contributed by atoms with Gasteiger partial charge in [0.1, 0.15) is 0 Å². The molecule has 3 heteroatoms. The molecule has 0 unspecified atom stereocenters. The Morgan fingerprint density at radius 2 is 2.00 bits per heavy atom. The van der Waals surface area contributed by atoms with Crippen LogP contribution in [0, 0.1) is 25.2 Å². The predicted octanol–water partition coefficient (Wildman–Crippen LogP) is 2.70. The number of carbonyl (C=O) groups is 1. The van der Waals surface area contributed by atoms with Crippen molar-refractivity contribution in [2.24, 2.45) is 11.3 Å². The van der Waals surface area contributed by atoms with Crippen LogP contribution < -0.4 is 0 Å².